The third-order valence-corrected chi connectivity index (χ3v) is 4.84. The van der Waals surface area contributed by atoms with Gasteiger partial charge in [-0.2, -0.15) is 0 Å². The predicted octanol–water partition coefficient (Wildman–Crippen LogP) is 1.06. The Bertz CT molecular complexity index is 323. The SMILES string of the molecule is CC1(C(=O)O)CCC(S(C)(=O)=O)CC1. The van der Waals surface area contributed by atoms with Crippen LogP contribution in [0.25, 0.3) is 0 Å². The summed E-state index contributed by atoms with van der Waals surface area (Å²) in [5.74, 6) is -0.815. The average molecular weight is 220 g/mol. The average Bonchev–Trinajstić information content (AvgIpc) is 2.03. The Morgan fingerprint density at radius 1 is 1.36 bits per heavy atom. The quantitative estimate of drug-likeness (QED) is 0.755. The lowest BCUT2D eigenvalue weighted by Crippen LogP contribution is -2.36. The molecule has 1 saturated carbocycles. The van der Waals surface area contributed by atoms with Gasteiger partial charge in [-0.25, -0.2) is 8.42 Å². The van der Waals surface area contributed by atoms with Crippen LogP contribution in [0.3, 0.4) is 0 Å². The van der Waals surface area contributed by atoms with Crippen LogP contribution in [0.2, 0.25) is 0 Å². The van der Waals surface area contributed by atoms with Gasteiger partial charge in [0.05, 0.1) is 10.7 Å². The Balaban J connectivity index is 2.68. The Kier molecular flexibility index (Phi) is 2.90. The fourth-order valence-electron chi connectivity index (χ4n) is 1.87. The van der Waals surface area contributed by atoms with Gasteiger partial charge < -0.3 is 5.11 Å². The van der Waals surface area contributed by atoms with E-state index in [-0.39, 0.29) is 5.25 Å². The van der Waals surface area contributed by atoms with Crippen LogP contribution in [0.15, 0.2) is 0 Å². The van der Waals surface area contributed by atoms with Gasteiger partial charge in [-0.15, -0.1) is 0 Å². The van der Waals surface area contributed by atoms with E-state index in [1.165, 1.54) is 6.26 Å². The van der Waals surface area contributed by atoms with Crippen LogP contribution in [0.4, 0.5) is 0 Å². The first-order valence-corrected chi connectivity index (χ1v) is 6.63. The number of carbonyl (C=O) groups is 1. The van der Waals surface area contributed by atoms with Crippen molar-refractivity contribution in [3.05, 3.63) is 0 Å². The highest BCUT2D eigenvalue weighted by Gasteiger charge is 2.39. The van der Waals surface area contributed by atoms with E-state index in [2.05, 4.69) is 0 Å². The number of carboxylic acids is 1. The van der Waals surface area contributed by atoms with E-state index in [0.29, 0.717) is 25.7 Å². The lowest BCUT2D eigenvalue weighted by molar-refractivity contribution is -0.149. The Morgan fingerprint density at radius 3 is 2.07 bits per heavy atom. The van der Waals surface area contributed by atoms with E-state index in [4.69, 9.17) is 5.11 Å². The van der Waals surface area contributed by atoms with E-state index >= 15 is 0 Å². The number of hydrogen-bond acceptors (Lipinski definition) is 3. The number of rotatable bonds is 2. The lowest BCUT2D eigenvalue weighted by Gasteiger charge is -2.32. The molecule has 0 bridgehead atoms. The first kappa shape index (κ1) is 11.5. The zero-order valence-corrected chi connectivity index (χ0v) is 9.30. The van der Waals surface area contributed by atoms with Crippen LogP contribution in [-0.4, -0.2) is 31.0 Å². The predicted molar refractivity (Wildman–Crippen MR) is 52.8 cm³/mol. The second-order valence-corrected chi connectivity index (χ2v) is 6.72. The van der Waals surface area contributed by atoms with Gasteiger partial charge in [0.2, 0.25) is 0 Å². The summed E-state index contributed by atoms with van der Waals surface area (Å²) >= 11 is 0. The summed E-state index contributed by atoms with van der Waals surface area (Å²) < 4.78 is 22.4. The van der Waals surface area contributed by atoms with Crippen LogP contribution in [0.5, 0.6) is 0 Å². The molecule has 1 rings (SSSR count). The molecule has 0 heterocycles. The minimum Gasteiger partial charge on any atom is -0.481 e. The maximum atomic E-state index is 11.2. The molecule has 1 fully saturated rings. The molecule has 0 unspecified atom stereocenters. The molecule has 82 valence electrons. The summed E-state index contributed by atoms with van der Waals surface area (Å²) in [6, 6.07) is 0. The summed E-state index contributed by atoms with van der Waals surface area (Å²) in [4.78, 5) is 10.9. The Morgan fingerprint density at radius 2 is 1.79 bits per heavy atom. The van der Waals surface area contributed by atoms with Crippen LogP contribution in [0, 0.1) is 5.41 Å². The van der Waals surface area contributed by atoms with Crippen molar-refractivity contribution in [1.82, 2.24) is 0 Å². The molecule has 0 amide bonds. The summed E-state index contributed by atoms with van der Waals surface area (Å²) in [6.45, 7) is 1.69. The van der Waals surface area contributed by atoms with E-state index in [1.54, 1.807) is 6.92 Å². The van der Waals surface area contributed by atoms with Gasteiger partial charge in [-0.1, -0.05) is 0 Å². The van der Waals surface area contributed by atoms with E-state index in [1.807, 2.05) is 0 Å². The Hall–Kier alpha value is -0.580. The number of sulfone groups is 1. The van der Waals surface area contributed by atoms with Crippen LogP contribution in [-0.2, 0) is 14.6 Å². The van der Waals surface area contributed by atoms with Crippen molar-refractivity contribution < 1.29 is 18.3 Å². The fourth-order valence-corrected chi connectivity index (χ4v) is 2.96. The lowest BCUT2D eigenvalue weighted by atomic mass is 9.76. The van der Waals surface area contributed by atoms with Crippen molar-refractivity contribution in [3.63, 3.8) is 0 Å². The largest absolute Gasteiger partial charge is 0.481 e. The summed E-state index contributed by atoms with van der Waals surface area (Å²) in [5.41, 5.74) is -0.721. The zero-order valence-electron chi connectivity index (χ0n) is 8.49. The van der Waals surface area contributed by atoms with Crippen molar-refractivity contribution in [2.45, 2.75) is 37.9 Å². The molecular formula is C9H16O4S. The first-order chi connectivity index (χ1) is 6.26. The normalized spacial score (nSPS) is 34.0. The molecule has 0 aromatic heterocycles. The van der Waals surface area contributed by atoms with Gasteiger partial charge in [0.25, 0.3) is 0 Å². The molecule has 14 heavy (non-hydrogen) atoms. The maximum Gasteiger partial charge on any atom is 0.309 e. The topological polar surface area (TPSA) is 71.4 Å². The zero-order chi connectivity index (χ0) is 11.0. The van der Waals surface area contributed by atoms with Crippen molar-refractivity contribution in [2.24, 2.45) is 5.41 Å². The highest BCUT2D eigenvalue weighted by atomic mass is 32.2. The summed E-state index contributed by atoms with van der Waals surface area (Å²) in [5, 5.41) is 8.60. The standard InChI is InChI=1S/C9H16O4S/c1-9(8(10)11)5-3-7(4-6-9)14(2,12)13/h7H,3-6H2,1-2H3,(H,10,11). The molecule has 5 heteroatoms. The van der Waals surface area contributed by atoms with Gasteiger partial charge in [0.1, 0.15) is 9.84 Å². The van der Waals surface area contributed by atoms with Gasteiger partial charge in [0, 0.05) is 6.26 Å². The van der Waals surface area contributed by atoms with Crippen molar-refractivity contribution >= 4 is 15.8 Å². The number of carboxylic acid groups (broad SMARTS) is 1. The van der Waals surface area contributed by atoms with Crippen molar-refractivity contribution in [2.75, 3.05) is 6.26 Å². The minimum absolute atomic E-state index is 0.338. The number of aliphatic carboxylic acids is 1. The molecule has 1 aliphatic carbocycles. The molecule has 4 nitrogen and oxygen atoms in total. The number of hydrogen-bond donors (Lipinski definition) is 1. The molecule has 0 aliphatic heterocycles. The molecule has 1 N–H and O–H groups in total. The van der Waals surface area contributed by atoms with Gasteiger partial charge >= 0.3 is 5.97 Å². The molecule has 0 aromatic rings. The minimum atomic E-state index is -2.99. The molecular weight excluding hydrogens is 204 g/mol. The third-order valence-electron chi connectivity index (χ3n) is 3.16. The summed E-state index contributed by atoms with van der Waals surface area (Å²) in [6.07, 6.45) is 3.09. The highest BCUT2D eigenvalue weighted by Crippen LogP contribution is 2.38. The fraction of sp³-hybridized carbons (Fsp3) is 0.889. The molecule has 1 aliphatic rings. The molecule has 0 radical (unpaired) electrons. The molecule has 0 atom stereocenters. The molecule has 0 spiro atoms. The van der Waals surface area contributed by atoms with E-state index in [9.17, 15) is 13.2 Å². The second-order valence-electron chi connectivity index (χ2n) is 4.39. The van der Waals surface area contributed by atoms with Crippen molar-refractivity contribution in [3.8, 4) is 0 Å². The van der Waals surface area contributed by atoms with Crippen LogP contribution >= 0.6 is 0 Å². The first-order valence-electron chi connectivity index (χ1n) is 4.68. The van der Waals surface area contributed by atoms with Gasteiger partial charge in [-0.05, 0) is 32.6 Å². The van der Waals surface area contributed by atoms with E-state index < -0.39 is 21.2 Å². The van der Waals surface area contributed by atoms with Crippen molar-refractivity contribution in [1.29, 1.82) is 0 Å². The van der Waals surface area contributed by atoms with Gasteiger partial charge in [-0.3, -0.25) is 4.79 Å². The molecule has 0 aromatic carbocycles. The second kappa shape index (κ2) is 3.53. The van der Waals surface area contributed by atoms with E-state index in [0.717, 1.165) is 0 Å². The Labute approximate surface area is 84.2 Å². The summed E-state index contributed by atoms with van der Waals surface area (Å²) in [7, 11) is -2.99. The van der Waals surface area contributed by atoms with Crippen LogP contribution < -0.4 is 0 Å². The third kappa shape index (κ3) is 2.26. The monoisotopic (exact) mass is 220 g/mol. The maximum absolute atomic E-state index is 11.2. The smallest absolute Gasteiger partial charge is 0.309 e. The van der Waals surface area contributed by atoms with Gasteiger partial charge in [0.15, 0.2) is 0 Å². The molecule has 0 saturated heterocycles. The highest BCUT2D eigenvalue weighted by molar-refractivity contribution is 7.91. The van der Waals surface area contributed by atoms with Crippen LogP contribution in [0.1, 0.15) is 32.6 Å².